The minimum absolute atomic E-state index is 0.0576. The minimum atomic E-state index is -0.782. The van der Waals surface area contributed by atoms with E-state index in [1.165, 1.54) is 16.7 Å². The smallest absolute Gasteiger partial charge is 0.307 e. The maximum atomic E-state index is 11.7. The summed E-state index contributed by atoms with van der Waals surface area (Å²) in [4.78, 5) is 11.7. The predicted molar refractivity (Wildman–Crippen MR) is 150 cm³/mol. The molecule has 3 heteroatoms. The van der Waals surface area contributed by atoms with Gasteiger partial charge in [0.2, 0.25) is 0 Å². The molecule has 3 aromatic rings. The monoisotopic (exact) mass is 486 g/mol. The molecule has 1 N–H and O–H groups in total. The Hall–Kier alpha value is -3.07. The van der Waals surface area contributed by atoms with Gasteiger partial charge in [0, 0.05) is 0 Å². The number of benzene rings is 3. The molecule has 0 atom stereocenters. The Labute approximate surface area is 217 Å². The van der Waals surface area contributed by atoms with Gasteiger partial charge in [-0.1, -0.05) is 97.9 Å². The first-order valence-corrected chi connectivity index (χ1v) is 13.2. The molecule has 0 radical (unpaired) electrons. The minimum Gasteiger partial charge on any atom is -0.488 e. The highest BCUT2D eigenvalue weighted by molar-refractivity contribution is 5.75. The number of carboxylic acid groups (broad SMARTS) is 1. The normalized spacial score (nSPS) is 11.7. The molecule has 0 aliphatic heterocycles. The molecule has 3 aromatic carbocycles. The van der Waals surface area contributed by atoms with Crippen molar-refractivity contribution in [2.75, 3.05) is 0 Å². The van der Waals surface area contributed by atoms with E-state index in [0.717, 1.165) is 33.6 Å². The van der Waals surface area contributed by atoms with Gasteiger partial charge in [0.1, 0.15) is 12.4 Å². The van der Waals surface area contributed by atoms with Crippen molar-refractivity contribution in [1.29, 1.82) is 0 Å². The summed E-state index contributed by atoms with van der Waals surface area (Å²) in [6.07, 6.45) is 0.0576. The zero-order valence-corrected chi connectivity index (χ0v) is 23.2. The Bertz CT molecular complexity index is 1130. The molecule has 3 rings (SSSR count). The highest BCUT2D eigenvalue weighted by Crippen LogP contribution is 2.41. The van der Waals surface area contributed by atoms with E-state index in [0.29, 0.717) is 18.4 Å². The average Bonchev–Trinajstić information content (AvgIpc) is 2.82. The molecular weight excluding hydrogens is 444 g/mol. The van der Waals surface area contributed by atoms with Crippen molar-refractivity contribution in [3.05, 3.63) is 88.0 Å². The van der Waals surface area contributed by atoms with E-state index in [2.05, 4.69) is 91.8 Å². The number of hydrogen-bond acceptors (Lipinski definition) is 2. The van der Waals surface area contributed by atoms with Crippen molar-refractivity contribution >= 4 is 5.97 Å². The van der Waals surface area contributed by atoms with Crippen LogP contribution < -0.4 is 4.74 Å². The molecule has 0 spiro atoms. The van der Waals surface area contributed by atoms with Gasteiger partial charge < -0.3 is 9.84 Å². The third-order valence-electron chi connectivity index (χ3n) is 6.84. The van der Waals surface area contributed by atoms with Gasteiger partial charge in [-0.2, -0.15) is 0 Å². The molecule has 0 aromatic heterocycles. The fraction of sp³-hybridized carbons (Fsp3) is 0.424. The molecule has 36 heavy (non-hydrogen) atoms. The molecule has 0 aliphatic carbocycles. The van der Waals surface area contributed by atoms with E-state index in [-0.39, 0.29) is 18.3 Å². The van der Waals surface area contributed by atoms with Crippen LogP contribution in [0.5, 0.6) is 5.75 Å². The van der Waals surface area contributed by atoms with Crippen molar-refractivity contribution in [2.45, 2.75) is 92.1 Å². The summed E-state index contributed by atoms with van der Waals surface area (Å²) in [5.74, 6) is 1.28. The highest BCUT2D eigenvalue weighted by atomic mass is 16.5. The van der Waals surface area contributed by atoms with Crippen LogP contribution in [0.1, 0.15) is 112 Å². The molecule has 0 aliphatic rings. The Morgan fingerprint density at radius 2 is 1.11 bits per heavy atom. The lowest BCUT2D eigenvalue weighted by molar-refractivity contribution is -0.136. The average molecular weight is 487 g/mol. The van der Waals surface area contributed by atoms with Crippen molar-refractivity contribution in [2.24, 2.45) is 0 Å². The van der Waals surface area contributed by atoms with Gasteiger partial charge in [0.25, 0.3) is 0 Å². The molecule has 0 heterocycles. The van der Waals surface area contributed by atoms with Crippen LogP contribution in [0.25, 0.3) is 11.1 Å². The highest BCUT2D eigenvalue weighted by Gasteiger charge is 2.22. The first kappa shape index (κ1) is 27.5. The first-order chi connectivity index (χ1) is 17.0. The standard InChI is InChI=1S/C33H42O3/c1-20(2)27-14-25(15-28(21(3)4)31(27)18-32(34)35)26-16-29(22(5)6)33(30(17-26)23(7)8)36-19-24-12-10-9-11-13-24/h9-17,20-23H,18-19H2,1-8H3,(H,34,35). The summed E-state index contributed by atoms with van der Waals surface area (Å²) in [5, 5.41) is 9.61. The summed E-state index contributed by atoms with van der Waals surface area (Å²) in [7, 11) is 0. The number of carboxylic acids is 1. The molecule has 0 saturated carbocycles. The van der Waals surface area contributed by atoms with Crippen LogP contribution in [-0.4, -0.2) is 11.1 Å². The van der Waals surface area contributed by atoms with Gasteiger partial charge in [-0.3, -0.25) is 4.79 Å². The number of ether oxygens (including phenoxy) is 1. The summed E-state index contributed by atoms with van der Waals surface area (Å²) >= 11 is 0. The van der Waals surface area contributed by atoms with E-state index in [1.807, 2.05) is 18.2 Å². The lowest BCUT2D eigenvalue weighted by Gasteiger charge is -2.24. The van der Waals surface area contributed by atoms with Crippen LogP contribution in [0.15, 0.2) is 54.6 Å². The second-order valence-electron chi connectivity index (χ2n) is 11.1. The molecule has 0 unspecified atom stereocenters. The third kappa shape index (κ3) is 6.37. The van der Waals surface area contributed by atoms with Crippen molar-refractivity contribution in [3.8, 4) is 16.9 Å². The van der Waals surface area contributed by atoms with Crippen LogP contribution in [0.4, 0.5) is 0 Å². The van der Waals surface area contributed by atoms with Gasteiger partial charge in [-0.15, -0.1) is 0 Å². The maximum absolute atomic E-state index is 11.7. The van der Waals surface area contributed by atoms with Crippen LogP contribution >= 0.6 is 0 Å². The molecular formula is C33H42O3. The molecule has 0 bridgehead atoms. The Kier molecular flexibility index (Phi) is 9.00. The number of carbonyl (C=O) groups is 1. The largest absolute Gasteiger partial charge is 0.488 e. The molecule has 192 valence electrons. The topological polar surface area (TPSA) is 46.5 Å². The van der Waals surface area contributed by atoms with Crippen LogP contribution in [0.2, 0.25) is 0 Å². The van der Waals surface area contributed by atoms with Crippen molar-refractivity contribution < 1.29 is 14.6 Å². The van der Waals surface area contributed by atoms with E-state index >= 15 is 0 Å². The van der Waals surface area contributed by atoms with Crippen LogP contribution in [-0.2, 0) is 17.8 Å². The zero-order valence-electron chi connectivity index (χ0n) is 23.2. The second-order valence-corrected chi connectivity index (χ2v) is 11.1. The molecule has 0 saturated heterocycles. The summed E-state index contributed by atoms with van der Waals surface area (Å²) in [6.45, 7) is 18.0. The Balaban J connectivity index is 2.19. The Morgan fingerprint density at radius 3 is 1.50 bits per heavy atom. The van der Waals surface area contributed by atoms with E-state index in [9.17, 15) is 9.90 Å². The third-order valence-corrected chi connectivity index (χ3v) is 6.84. The fourth-order valence-corrected chi connectivity index (χ4v) is 4.87. The van der Waals surface area contributed by atoms with Gasteiger partial charge in [-0.05, 0) is 80.3 Å². The second kappa shape index (κ2) is 11.8. The molecule has 0 amide bonds. The SMILES string of the molecule is CC(C)c1cc(-c2cc(C(C)C)c(OCc3ccccc3)c(C(C)C)c2)cc(C(C)C)c1CC(=O)O. The van der Waals surface area contributed by atoms with Crippen LogP contribution in [0.3, 0.4) is 0 Å². The summed E-state index contributed by atoms with van der Waals surface area (Å²) < 4.78 is 6.49. The van der Waals surface area contributed by atoms with E-state index in [4.69, 9.17) is 4.74 Å². The Morgan fingerprint density at radius 1 is 0.694 bits per heavy atom. The lowest BCUT2D eigenvalue weighted by atomic mass is 9.82. The molecule has 0 fully saturated rings. The first-order valence-electron chi connectivity index (χ1n) is 13.2. The zero-order chi connectivity index (χ0) is 26.6. The van der Waals surface area contributed by atoms with Gasteiger partial charge in [0.05, 0.1) is 6.42 Å². The number of aliphatic carboxylic acids is 1. The van der Waals surface area contributed by atoms with E-state index < -0.39 is 5.97 Å². The fourth-order valence-electron chi connectivity index (χ4n) is 4.87. The number of rotatable bonds is 10. The quantitative estimate of drug-likeness (QED) is 0.311. The van der Waals surface area contributed by atoms with Gasteiger partial charge in [0.15, 0.2) is 0 Å². The van der Waals surface area contributed by atoms with Crippen molar-refractivity contribution in [1.82, 2.24) is 0 Å². The lowest BCUT2D eigenvalue weighted by Crippen LogP contribution is -2.10. The van der Waals surface area contributed by atoms with Gasteiger partial charge >= 0.3 is 5.97 Å². The predicted octanol–water partition coefficient (Wildman–Crippen LogP) is 9.05. The van der Waals surface area contributed by atoms with Gasteiger partial charge in [-0.25, -0.2) is 0 Å². The number of hydrogen-bond donors (Lipinski definition) is 1. The molecule has 3 nitrogen and oxygen atoms in total. The van der Waals surface area contributed by atoms with Crippen LogP contribution in [0, 0.1) is 0 Å². The maximum Gasteiger partial charge on any atom is 0.307 e. The van der Waals surface area contributed by atoms with Crippen molar-refractivity contribution in [3.63, 3.8) is 0 Å². The van der Waals surface area contributed by atoms with E-state index in [1.54, 1.807) is 0 Å². The summed E-state index contributed by atoms with van der Waals surface area (Å²) in [5.41, 5.74) is 9.10. The summed E-state index contributed by atoms with van der Waals surface area (Å²) in [6, 6.07) is 19.3.